The van der Waals surface area contributed by atoms with Gasteiger partial charge in [-0.05, 0) is 56.1 Å². The predicted octanol–water partition coefficient (Wildman–Crippen LogP) is 2.99. The number of ether oxygens (including phenoxy) is 3. The molecule has 144 valence electrons. The van der Waals surface area contributed by atoms with Crippen LogP contribution in [0.3, 0.4) is 0 Å². The van der Waals surface area contributed by atoms with Crippen molar-refractivity contribution in [2.24, 2.45) is 5.92 Å². The Hall–Kier alpha value is -2.24. The van der Waals surface area contributed by atoms with E-state index in [1.807, 2.05) is 36.4 Å². The minimum Gasteiger partial charge on any atom is -0.489 e. The highest BCUT2D eigenvalue weighted by Crippen LogP contribution is 2.35. The second-order valence-corrected chi connectivity index (χ2v) is 7.30. The summed E-state index contributed by atoms with van der Waals surface area (Å²) < 4.78 is 17.9. The number of rotatable bonds is 7. The Labute approximate surface area is 161 Å². The molecule has 2 atom stereocenters. The molecule has 27 heavy (non-hydrogen) atoms. The molecule has 2 unspecified atom stereocenters. The first-order chi connectivity index (χ1) is 13.4. The molecule has 0 spiro atoms. The molecule has 0 aromatic heterocycles. The van der Waals surface area contributed by atoms with Crippen molar-refractivity contribution in [1.82, 2.24) is 10.6 Å². The maximum absolute atomic E-state index is 6.13. The van der Waals surface area contributed by atoms with Crippen LogP contribution in [0.4, 0.5) is 0 Å². The number of hydrogen-bond donors (Lipinski definition) is 2. The van der Waals surface area contributed by atoms with Crippen LogP contribution >= 0.6 is 0 Å². The first kappa shape index (κ1) is 18.1. The zero-order valence-electron chi connectivity index (χ0n) is 15.7. The van der Waals surface area contributed by atoms with Gasteiger partial charge in [-0.2, -0.15) is 0 Å². The molecule has 0 bridgehead atoms. The zero-order valence-corrected chi connectivity index (χ0v) is 15.7. The third kappa shape index (κ3) is 5.15. The summed E-state index contributed by atoms with van der Waals surface area (Å²) in [5, 5.41) is 7.00. The molecule has 0 saturated carbocycles. The number of piperidine rings is 1. The second kappa shape index (κ2) is 9.11. The van der Waals surface area contributed by atoms with Crippen LogP contribution < -0.4 is 24.8 Å². The molecule has 1 saturated heterocycles. The van der Waals surface area contributed by atoms with Gasteiger partial charge in [0.25, 0.3) is 0 Å². The van der Waals surface area contributed by atoms with Gasteiger partial charge in [0.1, 0.15) is 25.1 Å². The lowest BCUT2D eigenvalue weighted by atomic mass is 10.00. The van der Waals surface area contributed by atoms with Gasteiger partial charge in [-0.3, -0.25) is 0 Å². The van der Waals surface area contributed by atoms with E-state index in [1.165, 1.54) is 12.8 Å². The van der Waals surface area contributed by atoms with E-state index in [1.54, 1.807) is 0 Å². The van der Waals surface area contributed by atoms with E-state index < -0.39 is 0 Å². The summed E-state index contributed by atoms with van der Waals surface area (Å²) in [6.45, 7) is 5.21. The minimum atomic E-state index is 0.0263. The van der Waals surface area contributed by atoms with E-state index in [2.05, 4.69) is 22.8 Å². The van der Waals surface area contributed by atoms with Crippen LogP contribution in [0.25, 0.3) is 0 Å². The van der Waals surface area contributed by atoms with Crippen molar-refractivity contribution in [1.29, 1.82) is 0 Å². The van der Waals surface area contributed by atoms with Gasteiger partial charge >= 0.3 is 0 Å². The molecule has 2 aliphatic heterocycles. The lowest BCUT2D eigenvalue weighted by Gasteiger charge is -2.28. The lowest BCUT2D eigenvalue weighted by molar-refractivity contribution is 0.0887. The van der Waals surface area contributed by atoms with Gasteiger partial charge in [-0.15, -0.1) is 0 Å². The summed E-state index contributed by atoms with van der Waals surface area (Å²) in [5.41, 5.74) is 1.15. The number of hydrogen-bond acceptors (Lipinski definition) is 5. The van der Waals surface area contributed by atoms with Crippen LogP contribution in [0, 0.1) is 5.92 Å². The van der Waals surface area contributed by atoms with Crippen molar-refractivity contribution in [2.45, 2.75) is 25.6 Å². The topological polar surface area (TPSA) is 51.8 Å². The number of nitrogens with one attached hydrogen (secondary N) is 2. The smallest absolute Gasteiger partial charge is 0.165 e. The standard InChI is InChI=1S/C22H28N2O3/c1-2-5-17(6-3-1)15-25-19-8-9-21-22(11-19)27-20(16-26-21)14-24-13-18-7-4-10-23-12-18/h1-3,5-6,8-9,11,18,20,23-24H,4,7,10,12-16H2. The van der Waals surface area contributed by atoms with Gasteiger partial charge in [-0.25, -0.2) is 0 Å². The summed E-state index contributed by atoms with van der Waals surface area (Å²) in [4.78, 5) is 0. The van der Waals surface area contributed by atoms with Gasteiger partial charge in [0.2, 0.25) is 0 Å². The van der Waals surface area contributed by atoms with Gasteiger partial charge in [-0.1, -0.05) is 30.3 Å². The molecular formula is C22H28N2O3. The first-order valence-electron chi connectivity index (χ1n) is 9.88. The fourth-order valence-electron chi connectivity index (χ4n) is 3.57. The van der Waals surface area contributed by atoms with Gasteiger partial charge < -0.3 is 24.8 Å². The molecule has 2 aliphatic rings. The second-order valence-electron chi connectivity index (χ2n) is 7.30. The molecule has 1 fully saturated rings. The summed E-state index contributed by atoms with van der Waals surface area (Å²) in [6.07, 6.45) is 2.60. The Morgan fingerprint density at radius 3 is 2.85 bits per heavy atom. The molecule has 5 nitrogen and oxygen atoms in total. The van der Waals surface area contributed by atoms with Gasteiger partial charge in [0, 0.05) is 12.6 Å². The predicted molar refractivity (Wildman–Crippen MR) is 106 cm³/mol. The molecule has 0 radical (unpaired) electrons. The highest BCUT2D eigenvalue weighted by atomic mass is 16.6. The molecule has 4 rings (SSSR count). The first-order valence-corrected chi connectivity index (χ1v) is 9.88. The molecule has 2 N–H and O–H groups in total. The normalized spacial score (nSPS) is 21.6. The van der Waals surface area contributed by atoms with Crippen LogP contribution in [0.2, 0.25) is 0 Å². The zero-order chi connectivity index (χ0) is 18.3. The lowest BCUT2D eigenvalue weighted by Crippen LogP contribution is -2.42. The Bertz CT molecular complexity index is 717. The Kier molecular flexibility index (Phi) is 6.12. The SMILES string of the molecule is c1ccc(COc2ccc3c(c2)OC(CNCC2CCCNC2)CO3)cc1. The summed E-state index contributed by atoms with van der Waals surface area (Å²) in [6, 6.07) is 15.9. The highest BCUT2D eigenvalue weighted by Gasteiger charge is 2.22. The number of fused-ring (bicyclic) bond motifs is 1. The third-order valence-electron chi connectivity index (χ3n) is 5.09. The van der Waals surface area contributed by atoms with Crippen LogP contribution in [0.15, 0.2) is 48.5 Å². The molecule has 2 aromatic carbocycles. The molecule has 0 amide bonds. The van der Waals surface area contributed by atoms with E-state index in [0.29, 0.717) is 19.1 Å². The maximum Gasteiger partial charge on any atom is 0.165 e. The Morgan fingerprint density at radius 1 is 1.07 bits per heavy atom. The van der Waals surface area contributed by atoms with Crippen LogP contribution in [0.5, 0.6) is 17.2 Å². The minimum absolute atomic E-state index is 0.0263. The van der Waals surface area contributed by atoms with Crippen LogP contribution in [-0.4, -0.2) is 38.9 Å². The van der Waals surface area contributed by atoms with E-state index in [9.17, 15) is 0 Å². The van der Waals surface area contributed by atoms with Crippen LogP contribution in [-0.2, 0) is 6.61 Å². The van der Waals surface area contributed by atoms with Crippen molar-refractivity contribution in [3.63, 3.8) is 0 Å². The van der Waals surface area contributed by atoms with E-state index in [0.717, 1.165) is 49.0 Å². The number of benzene rings is 2. The van der Waals surface area contributed by atoms with E-state index in [-0.39, 0.29) is 6.10 Å². The maximum atomic E-state index is 6.13. The van der Waals surface area contributed by atoms with Crippen molar-refractivity contribution in [2.75, 3.05) is 32.8 Å². The fourth-order valence-corrected chi connectivity index (χ4v) is 3.57. The van der Waals surface area contributed by atoms with E-state index >= 15 is 0 Å². The van der Waals surface area contributed by atoms with Gasteiger partial charge in [0.15, 0.2) is 11.5 Å². The van der Waals surface area contributed by atoms with Crippen molar-refractivity contribution >= 4 is 0 Å². The summed E-state index contributed by atoms with van der Waals surface area (Å²) >= 11 is 0. The Balaban J connectivity index is 1.27. The molecule has 5 heteroatoms. The van der Waals surface area contributed by atoms with Crippen molar-refractivity contribution in [3.05, 3.63) is 54.1 Å². The van der Waals surface area contributed by atoms with Gasteiger partial charge in [0.05, 0.1) is 0 Å². The molecule has 2 heterocycles. The fraction of sp³-hybridized carbons (Fsp3) is 0.455. The summed E-state index contributed by atoms with van der Waals surface area (Å²) in [7, 11) is 0. The highest BCUT2D eigenvalue weighted by molar-refractivity contribution is 5.46. The molecule has 0 aliphatic carbocycles. The van der Waals surface area contributed by atoms with Crippen LogP contribution in [0.1, 0.15) is 18.4 Å². The summed E-state index contributed by atoms with van der Waals surface area (Å²) in [5.74, 6) is 3.06. The van der Waals surface area contributed by atoms with E-state index in [4.69, 9.17) is 14.2 Å². The third-order valence-corrected chi connectivity index (χ3v) is 5.09. The van der Waals surface area contributed by atoms with Crippen molar-refractivity contribution < 1.29 is 14.2 Å². The quantitative estimate of drug-likeness (QED) is 0.787. The van der Waals surface area contributed by atoms with Crippen molar-refractivity contribution in [3.8, 4) is 17.2 Å². The Morgan fingerprint density at radius 2 is 2.00 bits per heavy atom. The monoisotopic (exact) mass is 368 g/mol. The molecule has 2 aromatic rings. The average Bonchev–Trinajstić information content (AvgIpc) is 2.73. The largest absolute Gasteiger partial charge is 0.489 e. The molecular weight excluding hydrogens is 340 g/mol. The average molecular weight is 368 g/mol.